The highest BCUT2D eigenvalue weighted by molar-refractivity contribution is 7.10. The molecule has 5 nitrogen and oxygen atoms in total. The molecule has 1 unspecified atom stereocenters. The van der Waals surface area contributed by atoms with E-state index >= 15 is 0 Å². The quantitative estimate of drug-likeness (QED) is 0.771. The van der Waals surface area contributed by atoms with Crippen molar-refractivity contribution in [3.8, 4) is 0 Å². The number of hydrogen-bond donors (Lipinski definition) is 2. The molecule has 0 aliphatic heterocycles. The molecule has 3 aromatic rings. The number of rotatable bonds is 4. The zero-order valence-electron chi connectivity index (χ0n) is 12.4. The highest BCUT2D eigenvalue weighted by Gasteiger charge is 2.25. The van der Waals surface area contributed by atoms with Gasteiger partial charge in [0.1, 0.15) is 11.2 Å². The van der Waals surface area contributed by atoms with Gasteiger partial charge in [-0.05, 0) is 30.5 Å². The van der Waals surface area contributed by atoms with Gasteiger partial charge in [-0.25, -0.2) is 0 Å². The van der Waals surface area contributed by atoms with Gasteiger partial charge in [0, 0.05) is 10.9 Å². The minimum Gasteiger partial charge on any atom is -0.451 e. The fourth-order valence-corrected chi connectivity index (χ4v) is 3.01. The van der Waals surface area contributed by atoms with Crippen LogP contribution < -0.4 is 10.7 Å². The monoisotopic (exact) mass is 329 g/mol. The minimum atomic E-state index is -1.18. The minimum absolute atomic E-state index is 0.0167. The summed E-state index contributed by atoms with van der Waals surface area (Å²) in [7, 11) is 0. The lowest BCUT2D eigenvalue weighted by Crippen LogP contribution is -2.38. The van der Waals surface area contributed by atoms with Crippen molar-refractivity contribution in [2.75, 3.05) is 6.54 Å². The molecule has 0 aliphatic rings. The third-order valence-corrected chi connectivity index (χ3v) is 4.63. The summed E-state index contributed by atoms with van der Waals surface area (Å²) in [5.74, 6) is -0.611. The summed E-state index contributed by atoms with van der Waals surface area (Å²) in [5.41, 5.74) is -1.10. The highest BCUT2D eigenvalue weighted by Crippen LogP contribution is 2.24. The van der Waals surface area contributed by atoms with E-state index in [0.29, 0.717) is 11.0 Å². The van der Waals surface area contributed by atoms with Gasteiger partial charge in [-0.2, -0.15) is 0 Å². The first kappa shape index (κ1) is 15.5. The average molecular weight is 329 g/mol. The molecule has 0 saturated heterocycles. The Kier molecular flexibility index (Phi) is 4.02. The topological polar surface area (TPSA) is 79.5 Å². The second-order valence-corrected chi connectivity index (χ2v) is 6.35. The molecule has 1 atom stereocenters. The van der Waals surface area contributed by atoms with E-state index in [0.717, 1.165) is 10.9 Å². The number of aliphatic hydroxyl groups is 1. The maximum absolute atomic E-state index is 12.2. The van der Waals surface area contributed by atoms with Crippen LogP contribution in [-0.4, -0.2) is 17.6 Å². The summed E-state index contributed by atoms with van der Waals surface area (Å²) in [5, 5.41) is 15.3. The predicted molar refractivity (Wildman–Crippen MR) is 88.7 cm³/mol. The van der Waals surface area contributed by atoms with Crippen LogP contribution in [0.3, 0.4) is 0 Å². The number of fused-ring (bicyclic) bond motifs is 1. The fourth-order valence-electron chi connectivity index (χ4n) is 2.23. The van der Waals surface area contributed by atoms with E-state index in [9.17, 15) is 14.7 Å². The molecule has 0 bridgehead atoms. The number of benzene rings is 1. The molecule has 0 saturated carbocycles. The number of carbonyl (C=O) groups is 1. The largest absolute Gasteiger partial charge is 0.451 e. The maximum atomic E-state index is 12.2. The Balaban J connectivity index is 1.80. The Bertz CT molecular complexity index is 896. The van der Waals surface area contributed by atoms with Crippen LogP contribution in [0.5, 0.6) is 0 Å². The summed E-state index contributed by atoms with van der Waals surface area (Å²) in [4.78, 5) is 25.0. The van der Waals surface area contributed by atoms with Crippen molar-refractivity contribution in [1.82, 2.24) is 5.32 Å². The lowest BCUT2D eigenvalue weighted by molar-refractivity contribution is 0.0548. The Morgan fingerprint density at radius 2 is 2.09 bits per heavy atom. The second-order valence-electron chi connectivity index (χ2n) is 5.40. The second kappa shape index (κ2) is 5.98. The molecule has 2 heterocycles. The zero-order valence-corrected chi connectivity index (χ0v) is 13.2. The Morgan fingerprint density at radius 1 is 1.30 bits per heavy atom. The lowest BCUT2D eigenvalue weighted by Gasteiger charge is -2.22. The third kappa shape index (κ3) is 3.18. The number of carbonyl (C=O) groups excluding carboxylic acids is 1. The Morgan fingerprint density at radius 3 is 2.83 bits per heavy atom. The fraction of sp³-hybridized carbons (Fsp3) is 0.176. The molecule has 23 heavy (non-hydrogen) atoms. The number of hydrogen-bond acceptors (Lipinski definition) is 5. The Labute approximate surface area is 136 Å². The Hall–Kier alpha value is -2.44. The van der Waals surface area contributed by atoms with E-state index in [2.05, 4.69) is 5.32 Å². The molecule has 0 radical (unpaired) electrons. The predicted octanol–water partition coefficient (Wildman–Crippen LogP) is 2.49. The molecular formula is C17H15NO4S. The standard InChI is InChI=1S/C17H15NO4S/c1-17(21,15-7-4-8-23-15)10-18-16(20)14-9-12(19)11-5-2-3-6-13(11)22-14/h2-9,21H,10H2,1H3,(H,18,20). The van der Waals surface area contributed by atoms with Crippen LogP contribution in [0.1, 0.15) is 22.4 Å². The van der Waals surface area contributed by atoms with Gasteiger partial charge in [0.2, 0.25) is 0 Å². The maximum Gasteiger partial charge on any atom is 0.287 e. The van der Waals surface area contributed by atoms with Crippen molar-refractivity contribution in [3.05, 3.63) is 68.7 Å². The SMILES string of the molecule is CC(O)(CNC(=O)c1cc(=O)c2ccccc2o1)c1cccs1. The van der Waals surface area contributed by atoms with Crippen molar-refractivity contribution in [2.45, 2.75) is 12.5 Å². The van der Waals surface area contributed by atoms with Crippen LogP contribution in [0.15, 0.2) is 57.1 Å². The van der Waals surface area contributed by atoms with E-state index in [1.165, 1.54) is 11.3 Å². The molecule has 118 valence electrons. The number of amides is 1. The van der Waals surface area contributed by atoms with Crippen molar-refractivity contribution in [3.63, 3.8) is 0 Å². The van der Waals surface area contributed by atoms with Crippen molar-refractivity contribution < 1.29 is 14.3 Å². The van der Waals surface area contributed by atoms with Crippen LogP contribution in [-0.2, 0) is 5.60 Å². The first-order valence-electron chi connectivity index (χ1n) is 7.05. The van der Waals surface area contributed by atoms with E-state index < -0.39 is 11.5 Å². The number of thiophene rings is 1. The number of nitrogens with one attached hydrogen (secondary N) is 1. The summed E-state index contributed by atoms with van der Waals surface area (Å²) in [6.45, 7) is 1.64. The summed E-state index contributed by atoms with van der Waals surface area (Å²) < 4.78 is 5.47. The van der Waals surface area contributed by atoms with Crippen molar-refractivity contribution in [1.29, 1.82) is 0 Å². The van der Waals surface area contributed by atoms with Crippen LogP contribution in [0, 0.1) is 0 Å². The van der Waals surface area contributed by atoms with E-state index in [1.54, 1.807) is 37.3 Å². The van der Waals surface area contributed by atoms with E-state index in [4.69, 9.17) is 4.42 Å². The van der Waals surface area contributed by atoms with Gasteiger partial charge in [0.05, 0.1) is 11.9 Å². The van der Waals surface area contributed by atoms with Gasteiger partial charge in [0.15, 0.2) is 11.2 Å². The molecule has 0 aliphatic carbocycles. The molecular weight excluding hydrogens is 314 g/mol. The lowest BCUT2D eigenvalue weighted by atomic mass is 10.1. The third-order valence-electron chi connectivity index (χ3n) is 3.50. The molecule has 2 aromatic heterocycles. The number of para-hydroxylation sites is 1. The first-order valence-corrected chi connectivity index (χ1v) is 7.93. The van der Waals surface area contributed by atoms with Gasteiger partial charge in [0.25, 0.3) is 5.91 Å². The average Bonchev–Trinajstić information content (AvgIpc) is 3.08. The van der Waals surface area contributed by atoms with Gasteiger partial charge < -0.3 is 14.8 Å². The van der Waals surface area contributed by atoms with Crippen LogP contribution in [0.25, 0.3) is 11.0 Å². The van der Waals surface area contributed by atoms with Crippen molar-refractivity contribution in [2.24, 2.45) is 0 Å². The normalized spacial score (nSPS) is 13.7. The smallest absolute Gasteiger partial charge is 0.287 e. The van der Waals surface area contributed by atoms with Gasteiger partial charge >= 0.3 is 0 Å². The first-order chi connectivity index (χ1) is 11.0. The molecule has 1 aromatic carbocycles. The summed E-state index contributed by atoms with van der Waals surface area (Å²) >= 11 is 1.41. The molecule has 6 heteroatoms. The molecule has 2 N–H and O–H groups in total. The highest BCUT2D eigenvalue weighted by atomic mass is 32.1. The van der Waals surface area contributed by atoms with Crippen LogP contribution in [0.2, 0.25) is 0 Å². The van der Waals surface area contributed by atoms with E-state index in [-0.39, 0.29) is 17.7 Å². The van der Waals surface area contributed by atoms with Crippen LogP contribution >= 0.6 is 11.3 Å². The van der Waals surface area contributed by atoms with Gasteiger partial charge in [-0.15, -0.1) is 11.3 Å². The van der Waals surface area contributed by atoms with Gasteiger partial charge in [-0.1, -0.05) is 18.2 Å². The molecule has 1 amide bonds. The van der Waals surface area contributed by atoms with Gasteiger partial charge in [-0.3, -0.25) is 9.59 Å². The molecule has 0 fully saturated rings. The summed E-state index contributed by atoms with van der Waals surface area (Å²) in [6, 6.07) is 11.5. The van der Waals surface area contributed by atoms with Crippen molar-refractivity contribution >= 4 is 28.2 Å². The van der Waals surface area contributed by atoms with Crippen LogP contribution in [0.4, 0.5) is 0 Å². The molecule has 0 spiro atoms. The molecule has 3 rings (SSSR count). The summed E-state index contributed by atoms with van der Waals surface area (Å²) in [6.07, 6.45) is 0. The zero-order chi connectivity index (χ0) is 16.4. The van der Waals surface area contributed by atoms with E-state index in [1.807, 2.05) is 11.4 Å².